The van der Waals surface area contributed by atoms with Gasteiger partial charge in [-0.2, -0.15) is 5.10 Å². The summed E-state index contributed by atoms with van der Waals surface area (Å²) in [6.07, 6.45) is 9.15. The Balaban J connectivity index is 1.20. The van der Waals surface area contributed by atoms with Gasteiger partial charge in [0.05, 0.1) is 6.54 Å². The molecule has 0 aliphatic carbocycles. The molecule has 0 amide bonds. The summed E-state index contributed by atoms with van der Waals surface area (Å²) in [4.78, 5) is 14.7. The number of aromatic nitrogens is 7. The number of piperidine rings is 1. The van der Waals surface area contributed by atoms with Crippen molar-refractivity contribution >= 4 is 0 Å². The van der Waals surface area contributed by atoms with E-state index in [1.54, 1.807) is 27.7 Å². The third kappa shape index (κ3) is 3.87. The van der Waals surface area contributed by atoms with E-state index in [2.05, 4.69) is 29.9 Å². The van der Waals surface area contributed by atoms with Gasteiger partial charge < -0.3 is 4.57 Å². The molecule has 0 atom stereocenters. The summed E-state index contributed by atoms with van der Waals surface area (Å²) in [5.74, 6) is 3.37. The highest BCUT2D eigenvalue weighted by Crippen LogP contribution is 2.21. The summed E-state index contributed by atoms with van der Waals surface area (Å²) in [7, 11) is 0. The molecule has 0 aromatic carbocycles. The first-order chi connectivity index (χ1) is 14.3. The van der Waals surface area contributed by atoms with E-state index in [-0.39, 0.29) is 5.56 Å². The van der Waals surface area contributed by atoms with E-state index in [0.29, 0.717) is 18.3 Å². The molecule has 2 aliphatic rings. The number of nitrogens with zero attached hydrogens (tertiary/aromatic N) is 8. The summed E-state index contributed by atoms with van der Waals surface area (Å²) in [6.45, 7) is 4.60. The van der Waals surface area contributed by atoms with Crippen molar-refractivity contribution in [2.24, 2.45) is 5.92 Å². The maximum absolute atomic E-state index is 12.3. The smallest absolute Gasteiger partial charge is 0.266 e. The zero-order valence-corrected chi connectivity index (χ0v) is 16.5. The zero-order chi connectivity index (χ0) is 19.6. The Morgan fingerprint density at radius 2 is 1.97 bits per heavy atom. The maximum Gasteiger partial charge on any atom is 0.266 e. The van der Waals surface area contributed by atoms with Crippen LogP contribution in [0.5, 0.6) is 0 Å². The van der Waals surface area contributed by atoms with Crippen molar-refractivity contribution in [3.05, 3.63) is 52.6 Å². The second kappa shape index (κ2) is 7.90. The molecule has 5 rings (SSSR count). The summed E-state index contributed by atoms with van der Waals surface area (Å²) in [6, 6.07) is 5.14. The third-order valence-corrected chi connectivity index (χ3v) is 6.03. The van der Waals surface area contributed by atoms with Gasteiger partial charge in [0.15, 0.2) is 5.82 Å². The van der Waals surface area contributed by atoms with Crippen molar-refractivity contribution in [2.75, 3.05) is 13.1 Å². The number of hydrogen-bond acceptors (Lipinski definition) is 6. The van der Waals surface area contributed by atoms with Gasteiger partial charge in [-0.25, -0.2) is 9.36 Å². The van der Waals surface area contributed by atoms with Crippen LogP contribution in [0.1, 0.15) is 37.3 Å². The van der Waals surface area contributed by atoms with E-state index in [1.165, 1.54) is 12.8 Å². The number of hydrogen-bond donors (Lipinski definition) is 0. The molecule has 1 saturated heterocycles. The minimum atomic E-state index is -0.0570. The van der Waals surface area contributed by atoms with Gasteiger partial charge in [0.2, 0.25) is 0 Å². The van der Waals surface area contributed by atoms with Crippen LogP contribution in [0.3, 0.4) is 0 Å². The Bertz CT molecular complexity index is 1010. The average Bonchev–Trinajstić information content (AvgIpc) is 3.42. The Morgan fingerprint density at radius 1 is 1.07 bits per heavy atom. The molecule has 1 fully saturated rings. The fraction of sp³-hybridized carbons (Fsp3) is 0.550. The first-order valence-electron chi connectivity index (χ1n) is 10.5. The Kier molecular flexibility index (Phi) is 4.97. The molecule has 9 heteroatoms. The van der Waals surface area contributed by atoms with Crippen LogP contribution < -0.4 is 5.56 Å². The lowest BCUT2D eigenvalue weighted by molar-refractivity contribution is 0.158. The minimum Gasteiger partial charge on any atom is -0.314 e. The normalized spacial score (nSPS) is 18.1. The van der Waals surface area contributed by atoms with Crippen LogP contribution in [0.25, 0.3) is 5.82 Å². The second-order valence-electron chi connectivity index (χ2n) is 8.02. The summed E-state index contributed by atoms with van der Waals surface area (Å²) < 4.78 is 5.57. The van der Waals surface area contributed by atoms with Crippen LogP contribution in [0, 0.1) is 5.92 Å². The highest BCUT2D eigenvalue weighted by atomic mass is 16.1. The van der Waals surface area contributed by atoms with Crippen LogP contribution >= 0.6 is 0 Å². The molecule has 0 saturated carbocycles. The lowest BCUT2D eigenvalue weighted by Gasteiger charge is -2.31. The van der Waals surface area contributed by atoms with Gasteiger partial charge in [-0.15, -0.1) is 15.3 Å². The van der Waals surface area contributed by atoms with Gasteiger partial charge in [-0.3, -0.25) is 9.69 Å². The second-order valence-corrected chi connectivity index (χ2v) is 8.02. The number of aryl methyl sites for hydroxylation is 1. The number of fused-ring (bicyclic) bond motifs is 1. The van der Waals surface area contributed by atoms with Crippen molar-refractivity contribution in [2.45, 2.75) is 51.7 Å². The Hall–Kier alpha value is -2.81. The van der Waals surface area contributed by atoms with Crippen LogP contribution in [0.4, 0.5) is 0 Å². The maximum atomic E-state index is 12.3. The van der Waals surface area contributed by atoms with Gasteiger partial charge in [-0.1, -0.05) is 0 Å². The molecule has 0 bridgehead atoms. The highest BCUT2D eigenvalue weighted by Gasteiger charge is 2.23. The molecule has 0 spiro atoms. The van der Waals surface area contributed by atoms with Crippen LogP contribution in [0.15, 0.2) is 35.4 Å². The van der Waals surface area contributed by atoms with Gasteiger partial charge >= 0.3 is 0 Å². The molecular weight excluding hydrogens is 368 g/mol. The van der Waals surface area contributed by atoms with E-state index in [4.69, 9.17) is 0 Å². The third-order valence-electron chi connectivity index (χ3n) is 6.03. The fourth-order valence-corrected chi connectivity index (χ4v) is 4.35. The van der Waals surface area contributed by atoms with Crippen molar-refractivity contribution < 1.29 is 0 Å². The number of rotatable bonds is 5. The molecular formula is C20H26N8O. The molecule has 3 aromatic rings. The van der Waals surface area contributed by atoms with Crippen molar-refractivity contribution in [3.8, 4) is 5.82 Å². The Labute approximate surface area is 169 Å². The monoisotopic (exact) mass is 394 g/mol. The Morgan fingerprint density at radius 3 is 2.79 bits per heavy atom. The van der Waals surface area contributed by atoms with E-state index in [0.717, 1.165) is 57.1 Å². The summed E-state index contributed by atoms with van der Waals surface area (Å²) >= 11 is 0. The molecule has 0 unspecified atom stereocenters. The molecule has 2 aliphatic heterocycles. The first kappa shape index (κ1) is 18.2. The van der Waals surface area contributed by atoms with Crippen molar-refractivity contribution in [1.29, 1.82) is 0 Å². The van der Waals surface area contributed by atoms with Crippen molar-refractivity contribution in [3.63, 3.8) is 0 Å². The largest absolute Gasteiger partial charge is 0.314 e. The van der Waals surface area contributed by atoms with E-state index in [1.807, 2.05) is 12.3 Å². The quantitative estimate of drug-likeness (QED) is 0.648. The standard InChI is InChI=1S/C20H26N8O/c29-20-6-5-18(27-11-3-9-21-27)24-28(20)14-16-7-12-25(13-8-16)15-19-23-22-17-4-1-2-10-26(17)19/h3,5-6,9,11,16H,1-2,4,7-8,10,12-15H2. The van der Waals surface area contributed by atoms with Gasteiger partial charge in [-0.05, 0) is 56.8 Å². The van der Waals surface area contributed by atoms with Crippen LogP contribution in [-0.4, -0.2) is 52.3 Å². The summed E-state index contributed by atoms with van der Waals surface area (Å²) in [5.41, 5.74) is -0.0570. The predicted molar refractivity (Wildman–Crippen MR) is 107 cm³/mol. The molecule has 0 radical (unpaired) electrons. The van der Waals surface area contributed by atoms with Crippen LogP contribution in [-0.2, 0) is 26.1 Å². The molecule has 0 N–H and O–H groups in total. The topological polar surface area (TPSA) is 86.7 Å². The lowest BCUT2D eigenvalue weighted by atomic mass is 9.97. The molecule has 3 aromatic heterocycles. The lowest BCUT2D eigenvalue weighted by Crippen LogP contribution is -2.37. The van der Waals surface area contributed by atoms with E-state index >= 15 is 0 Å². The summed E-state index contributed by atoms with van der Waals surface area (Å²) in [5, 5.41) is 17.5. The SMILES string of the molecule is O=c1ccc(-n2cccn2)nn1CC1CCN(Cc2nnc3n2CCCC3)CC1. The predicted octanol–water partition coefficient (Wildman–Crippen LogP) is 1.27. The van der Waals surface area contributed by atoms with Gasteiger partial charge in [0.25, 0.3) is 5.56 Å². The zero-order valence-electron chi connectivity index (χ0n) is 16.5. The highest BCUT2D eigenvalue weighted by molar-refractivity contribution is 5.17. The number of likely N-dealkylation sites (tertiary alicyclic amines) is 1. The van der Waals surface area contributed by atoms with Gasteiger partial charge in [0, 0.05) is 38.0 Å². The van der Waals surface area contributed by atoms with Crippen molar-refractivity contribution in [1.82, 2.24) is 39.2 Å². The first-order valence-corrected chi connectivity index (χ1v) is 10.5. The average molecular weight is 394 g/mol. The molecule has 9 nitrogen and oxygen atoms in total. The van der Waals surface area contributed by atoms with E-state index in [9.17, 15) is 4.79 Å². The van der Waals surface area contributed by atoms with Gasteiger partial charge in [0.1, 0.15) is 11.6 Å². The molecule has 152 valence electrons. The minimum absolute atomic E-state index is 0.0570. The van der Waals surface area contributed by atoms with E-state index < -0.39 is 0 Å². The van der Waals surface area contributed by atoms with Crippen LogP contribution in [0.2, 0.25) is 0 Å². The molecule has 5 heterocycles. The molecule has 29 heavy (non-hydrogen) atoms. The fourth-order valence-electron chi connectivity index (χ4n) is 4.35.